The van der Waals surface area contributed by atoms with Crippen molar-refractivity contribution in [2.24, 2.45) is 5.73 Å². The molecular formula is C15H18N2OS2. The Balaban J connectivity index is 1.77. The van der Waals surface area contributed by atoms with Gasteiger partial charge in [0.15, 0.2) is 0 Å². The second-order valence-electron chi connectivity index (χ2n) is 5.33. The number of hydrogen-bond donors (Lipinski definition) is 1. The molecule has 1 aliphatic rings. The van der Waals surface area contributed by atoms with Crippen molar-refractivity contribution in [2.75, 3.05) is 0 Å². The van der Waals surface area contributed by atoms with E-state index in [0.717, 1.165) is 19.3 Å². The fourth-order valence-electron chi connectivity index (χ4n) is 2.47. The van der Waals surface area contributed by atoms with Crippen LogP contribution in [0.3, 0.4) is 0 Å². The van der Waals surface area contributed by atoms with Crippen LogP contribution in [0.5, 0.6) is 0 Å². The smallest absolute Gasteiger partial charge is 0.243 e. The number of hydrogen-bond acceptors (Lipinski definition) is 4. The van der Waals surface area contributed by atoms with Gasteiger partial charge in [0.2, 0.25) is 5.91 Å². The van der Waals surface area contributed by atoms with Gasteiger partial charge in [-0.15, -0.1) is 22.7 Å². The van der Waals surface area contributed by atoms with Crippen LogP contribution in [0.15, 0.2) is 35.0 Å². The van der Waals surface area contributed by atoms with Gasteiger partial charge in [0, 0.05) is 9.75 Å². The summed E-state index contributed by atoms with van der Waals surface area (Å²) in [6.07, 6.45) is 2.70. The summed E-state index contributed by atoms with van der Waals surface area (Å²) in [4.78, 5) is 17.0. The Morgan fingerprint density at radius 1 is 1.15 bits per heavy atom. The lowest BCUT2D eigenvalue weighted by Gasteiger charge is -2.40. The second kappa shape index (κ2) is 5.68. The van der Waals surface area contributed by atoms with Crippen molar-refractivity contribution in [1.82, 2.24) is 4.90 Å². The third-order valence-electron chi connectivity index (χ3n) is 3.81. The van der Waals surface area contributed by atoms with Gasteiger partial charge < -0.3 is 10.6 Å². The maximum atomic E-state index is 12.7. The first-order chi connectivity index (χ1) is 9.67. The van der Waals surface area contributed by atoms with Crippen molar-refractivity contribution in [3.05, 3.63) is 44.8 Å². The van der Waals surface area contributed by atoms with E-state index in [1.54, 1.807) is 22.7 Å². The van der Waals surface area contributed by atoms with Crippen LogP contribution in [0.4, 0.5) is 0 Å². The van der Waals surface area contributed by atoms with Gasteiger partial charge in [0.1, 0.15) is 0 Å². The molecule has 1 saturated carbocycles. The average Bonchev–Trinajstić information content (AvgIpc) is 3.07. The SMILES string of the molecule is NC1(C(=O)N(Cc2cccs2)Cc2cccs2)CCC1. The molecule has 0 atom stereocenters. The van der Waals surface area contributed by atoms with Crippen molar-refractivity contribution in [1.29, 1.82) is 0 Å². The molecule has 3 nitrogen and oxygen atoms in total. The van der Waals surface area contributed by atoms with Crippen LogP contribution in [0.2, 0.25) is 0 Å². The van der Waals surface area contributed by atoms with Crippen molar-refractivity contribution in [3.8, 4) is 0 Å². The summed E-state index contributed by atoms with van der Waals surface area (Å²) < 4.78 is 0. The van der Waals surface area contributed by atoms with E-state index in [1.807, 2.05) is 27.8 Å². The minimum absolute atomic E-state index is 0.102. The molecule has 0 radical (unpaired) electrons. The lowest BCUT2D eigenvalue weighted by atomic mass is 9.76. The van der Waals surface area contributed by atoms with E-state index in [0.29, 0.717) is 13.1 Å². The quantitative estimate of drug-likeness (QED) is 0.922. The van der Waals surface area contributed by atoms with E-state index in [-0.39, 0.29) is 5.91 Å². The number of rotatable bonds is 5. The first kappa shape index (κ1) is 13.8. The van der Waals surface area contributed by atoms with Crippen LogP contribution in [0, 0.1) is 0 Å². The Hall–Kier alpha value is -1.17. The van der Waals surface area contributed by atoms with Crippen LogP contribution >= 0.6 is 22.7 Å². The molecule has 0 aromatic carbocycles. The van der Waals surface area contributed by atoms with Gasteiger partial charge in [0.25, 0.3) is 0 Å². The molecule has 0 saturated heterocycles. The number of carbonyl (C=O) groups is 1. The van der Waals surface area contributed by atoms with Crippen LogP contribution < -0.4 is 5.73 Å². The van der Waals surface area contributed by atoms with Gasteiger partial charge in [-0.2, -0.15) is 0 Å². The van der Waals surface area contributed by atoms with Crippen LogP contribution in [-0.2, 0) is 17.9 Å². The van der Waals surface area contributed by atoms with E-state index in [2.05, 4.69) is 12.1 Å². The minimum Gasteiger partial charge on any atom is -0.331 e. The molecule has 20 heavy (non-hydrogen) atoms. The molecule has 106 valence electrons. The van der Waals surface area contributed by atoms with Crippen LogP contribution in [0.1, 0.15) is 29.0 Å². The van der Waals surface area contributed by atoms with Crippen molar-refractivity contribution in [3.63, 3.8) is 0 Å². The Kier molecular flexibility index (Phi) is 3.92. The third-order valence-corrected chi connectivity index (χ3v) is 5.53. The largest absolute Gasteiger partial charge is 0.331 e. The highest BCUT2D eigenvalue weighted by Crippen LogP contribution is 2.32. The lowest BCUT2D eigenvalue weighted by molar-refractivity contribution is -0.141. The normalized spacial score (nSPS) is 16.6. The standard InChI is InChI=1S/C15H18N2OS2/c16-15(6-3-7-15)14(18)17(10-12-4-1-8-19-12)11-13-5-2-9-20-13/h1-2,4-5,8-9H,3,6-7,10-11,16H2. The van der Waals surface area contributed by atoms with Gasteiger partial charge in [-0.3, -0.25) is 4.79 Å². The number of nitrogens with two attached hydrogens (primary N) is 1. The van der Waals surface area contributed by atoms with Gasteiger partial charge in [-0.25, -0.2) is 0 Å². The highest BCUT2D eigenvalue weighted by atomic mass is 32.1. The van der Waals surface area contributed by atoms with Gasteiger partial charge >= 0.3 is 0 Å². The highest BCUT2D eigenvalue weighted by Gasteiger charge is 2.42. The van der Waals surface area contributed by atoms with Crippen molar-refractivity contribution in [2.45, 2.75) is 37.9 Å². The molecule has 3 rings (SSSR count). The molecule has 5 heteroatoms. The zero-order chi connectivity index (χ0) is 14.0. The number of amides is 1. The third kappa shape index (κ3) is 2.80. The summed E-state index contributed by atoms with van der Waals surface area (Å²) in [6.45, 7) is 1.32. The fourth-order valence-corrected chi connectivity index (χ4v) is 3.91. The summed E-state index contributed by atoms with van der Waals surface area (Å²) in [5.41, 5.74) is 5.60. The van der Waals surface area contributed by atoms with Gasteiger partial charge in [-0.05, 0) is 42.2 Å². The summed E-state index contributed by atoms with van der Waals surface area (Å²) in [5, 5.41) is 4.09. The Bertz CT molecular complexity index is 522. The predicted octanol–water partition coefficient (Wildman–Crippen LogP) is 3.22. The van der Waals surface area contributed by atoms with E-state index in [9.17, 15) is 4.79 Å². The molecule has 0 unspecified atom stereocenters. The zero-order valence-corrected chi connectivity index (χ0v) is 12.9. The summed E-state index contributed by atoms with van der Waals surface area (Å²) >= 11 is 3.37. The Morgan fingerprint density at radius 3 is 2.05 bits per heavy atom. The van der Waals surface area contributed by atoms with Gasteiger partial charge in [-0.1, -0.05) is 12.1 Å². The van der Waals surface area contributed by atoms with E-state index in [4.69, 9.17) is 5.73 Å². The Morgan fingerprint density at radius 2 is 1.70 bits per heavy atom. The molecule has 1 amide bonds. The van der Waals surface area contributed by atoms with Crippen LogP contribution in [-0.4, -0.2) is 16.3 Å². The molecule has 1 fully saturated rings. The first-order valence-electron chi connectivity index (χ1n) is 6.80. The molecule has 2 heterocycles. The fraction of sp³-hybridized carbons (Fsp3) is 0.400. The van der Waals surface area contributed by atoms with E-state index in [1.165, 1.54) is 9.75 Å². The highest BCUT2D eigenvalue weighted by molar-refractivity contribution is 7.10. The molecule has 1 aliphatic carbocycles. The molecular weight excluding hydrogens is 288 g/mol. The molecule has 0 aliphatic heterocycles. The number of carbonyl (C=O) groups excluding carboxylic acids is 1. The molecule has 2 aromatic rings. The van der Waals surface area contributed by atoms with E-state index < -0.39 is 5.54 Å². The van der Waals surface area contributed by atoms with E-state index >= 15 is 0 Å². The van der Waals surface area contributed by atoms with Crippen molar-refractivity contribution < 1.29 is 4.79 Å². The number of nitrogens with zero attached hydrogens (tertiary/aromatic N) is 1. The molecule has 2 aromatic heterocycles. The maximum Gasteiger partial charge on any atom is 0.243 e. The summed E-state index contributed by atoms with van der Waals surface area (Å²) in [6, 6.07) is 8.19. The Labute approximate surface area is 127 Å². The molecule has 0 bridgehead atoms. The second-order valence-corrected chi connectivity index (χ2v) is 7.39. The predicted molar refractivity (Wildman–Crippen MR) is 83.7 cm³/mol. The topological polar surface area (TPSA) is 46.3 Å². The van der Waals surface area contributed by atoms with Crippen LogP contribution in [0.25, 0.3) is 0 Å². The summed E-state index contributed by atoms with van der Waals surface area (Å²) in [5.74, 6) is 0.102. The summed E-state index contributed by atoms with van der Waals surface area (Å²) in [7, 11) is 0. The maximum absolute atomic E-state index is 12.7. The minimum atomic E-state index is -0.617. The molecule has 0 spiro atoms. The van der Waals surface area contributed by atoms with Crippen molar-refractivity contribution >= 4 is 28.6 Å². The van der Waals surface area contributed by atoms with Gasteiger partial charge in [0.05, 0.1) is 18.6 Å². The number of thiophene rings is 2. The lowest BCUT2D eigenvalue weighted by Crippen LogP contribution is -2.59. The zero-order valence-electron chi connectivity index (χ0n) is 11.2. The monoisotopic (exact) mass is 306 g/mol. The average molecular weight is 306 g/mol. The molecule has 2 N–H and O–H groups in total. The first-order valence-corrected chi connectivity index (χ1v) is 8.56.